The zero-order chi connectivity index (χ0) is 16.7. The number of fused-ring (bicyclic) bond motifs is 1. The van der Waals surface area contributed by atoms with Crippen LogP contribution in [-0.4, -0.2) is 45.6 Å². The van der Waals surface area contributed by atoms with Crippen molar-refractivity contribution in [2.75, 3.05) is 13.1 Å². The fourth-order valence-corrected chi connectivity index (χ4v) is 5.10. The van der Waals surface area contributed by atoms with E-state index in [0.717, 1.165) is 29.4 Å². The maximum absolute atomic E-state index is 12.9. The van der Waals surface area contributed by atoms with Gasteiger partial charge in [0.15, 0.2) is 5.03 Å². The molecule has 3 aromatic heterocycles. The maximum atomic E-state index is 12.9. The molecule has 0 aliphatic carbocycles. The number of aromatic nitrogens is 4. The van der Waals surface area contributed by atoms with Gasteiger partial charge in [-0.2, -0.15) is 9.40 Å². The van der Waals surface area contributed by atoms with Gasteiger partial charge in [-0.15, -0.1) is 0 Å². The monoisotopic (exact) mass is 345 g/mol. The third-order valence-corrected chi connectivity index (χ3v) is 6.63. The van der Waals surface area contributed by atoms with Crippen molar-refractivity contribution in [1.29, 1.82) is 0 Å². The van der Waals surface area contributed by atoms with E-state index in [0.29, 0.717) is 13.1 Å². The van der Waals surface area contributed by atoms with E-state index >= 15 is 0 Å². The third kappa shape index (κ3) is 2.42. The number of hydrogen-bond acceptors (Lipinski definition) is 4. The van der Waals surface area contributed by atoms with Gasteiger partial charge in [-0.3, -0.25) is 4.68 Å². The van der Waals surface area contributed by atoms with Crippen LogP contribution in [0.1, 0.15) is 24.3 Å². The molecule has 0 radical (unpaired) electrons. The van der Waals surface area contributed by atoms with E-state index in [-0.39, 0.29) is 10.9 Å². The molecular weight excluding hydrogens is 326 g/mol. The molecule has 126 valence electrons. The van der Waals surface area contributed by atoms with Crippen molar-refractivity contribution < 1.29 is 8.42 Å². The number of nitrogens with one attached hydrogen (secondary N) is 1. The Morgan fingerprint density at radius 3 is 2.96 bits per heavy atom. The fraction of sp³-hybridized carbons (Fsp3) is 0.375. The molecule has 1 aliphatic rings. The molecule has 4 rings (SSSR count). The molecule has 1 saturated heterocycles. The Morgan fingerprint density at radius 1 is 1.29 bits per heavy atom. The first kappa shape index (κ1) is 15.3. The standard InChI is InChI=1S/C16H19N5O2S/c1-20-15(6-8-19-20)24(22,23)21-9-3-4-12(11-21)14-10-18-16-13(14)5-2-7-17-16/h2,5-8,10,12H,3-4,9,11H2,1H3,(H,17,18)/t12-/m0/s1. The second-order valence-corrected chi connectivity index (χ2v) is 8.02. The lowest BCUT2D eigenvalue weighted by molar-refractivity contribution is 0.314. The van der Waals surface area contributed by atoms with E-state index in [1.54, 1.807) is 23.6 Å². The Balaban J connectivity index is 1.66. The van der Waals surface area contributed by atoms with Crippen LogP contribution in [0, 0.1) is 0 Å². The van der Waals surface area contributed by atoms with E-state index in [2.05, 4.69) is 15.1 Å². The van der Waals surface area contributed by atoms with Gasteiger partial charge in [0.1, 0.15) is 5.65 Å². The summed E-state index contributed by atoms with van der Waals surface area (Å²) in [7, 11) is -1.87. The zero-order valence-electron chi connectivity index (χ0n) is 13.4. The Kier molecular flexibility index (Phi) is 3.65. The van der Waals surface area contributed by atoms with E-state index < -0.39 is 10.0 Å². The maximum Gasteiger partial charge on any atom is 0.260 e. The van der Waals surface area contributed by atoms with Gasteiger partial charge in [0.05, 0.1) is 6.20 Å². The van der Waals surface area contributed by atoms with Crippen LogP contribution in [0.5, 0.6) is 0 Å². The number of aryl methyl sites for hydroxylation is 1. The number of H-pyrrole nitrogens is 1. The minimum absolute atomic E-state index is 0.166. The van der Waals surface area contributed by atoms with Crippen LogP contribution >= 0.6 is 0 Å². The number of piperidine rings is 1. The number of aromatic amines is 1. The second-order valence-electron chi connectivity index (χ2n) is 6.14. The molecule has 0 saturated carbocycles. The van der Waals surface area contributed by atoms with Gasteiger partial charge in [0.25, 0.3) is 10.0 Å². The van der Waals surface area contributed by atoms with Crippen molar-refractivity contribution >= 4 is 21.1 Å². The Morgan fingerprint density at radius 2 is 2.17 bits per heavy atom. The molecule has 1 fully saturated rings. The van der Waals surface area contributed by atoms with Gasteiger partial charge in [-0.25, -0.2) is 13.4 Å². The fourth-order valence-electron chi connectivity index (χ4n) is 3.48. The second kappa shape index (κ2) is 5.71. The van der Waals surface area contributed by atoms with Gasteiger partial charge >= 0.3 is 0 Å². The lowest BCUT2D eigenvalue weighted by Gasteiger charge is -2.31. The van der Waals surface area contributed by atoms with Crippen molar-refractivity contribution in [3.8, 4) is 0 Å². The summed E-state index contributed by atoms with van der Waals surface area (Å²) in [6.45, 7) is 1.03. The summed E-state index contributed by atoms with van der Waals surface area (Å²) < 4.78 is 28.8. The summed E-state index contributed by atoms with van der Waals surface area (Å²) >= 11 is 0. The third-order valence-electron chi connectivity index (χ3n) is 4.69. The average molecular weight is 345 g/mol. The van der Waals surface area contributed by atoms with Crippen LogP contribution in [0.3, 0.4) is 0 Å². The molecule has 1 N–H and O–H groups in total. The topological polar surface area (TPSA) is 83.9 Å². The highest BCUT2D eigenvalue weighted by atomic mass is 32.2. The van der Waals surface area contributed by atoms with Crippen molar-refractivity contribution in [3.63, 3.8) is 0 Å². The minimum Gasteiger partial charge on any atom is -0.346 e. The van der Waals surface area contributed by atoms with Gasteiger partial charge in [-0.1, -0.05) is 0 Å². The van der Waals surface area contributed by atoms with Crippen LogP contribution in [0.4, 0.5) is 0 Å². The van der Waals surface area contributed by atoms with Crippen LogP contribution in [0.2, 0.25) is 0 Å². The molecule has 4 heterocycles. The highest BCUT2D eigenvalue weighted by Gasteiger charge is 2.33. The van der Waals surface area contributed by atoms with Crippen molar-refractivity contribution in [2.24, 2.45) is 7.05 Å². The predicted molar refractivity (Wildman–Crippen MR) is 90.0 cm³/mol. The minimum atomic E-state index is -3.52. The van der Waals surface area contributed by atoms with Crippen molar-refractivity contribution in [2.45, 2.75) is 23.8 Å². The first-order valence-electron chi connectivity index (χ1n) is 7.97. The lowest BCUT2D eigenvalue weighted by Crippen LogP contribution is -2.39. The Hall–Kier alpha value is -2.19. The normalized spacial score (nSPS) is 19.8. The van der Waals surface area contributed by atoms with E-state index in [4.69, 9.17) is 0 Å². The summed E-state index contributed by atoms with van der Waals surface area (Å²) in [5, 5.41) is 5.30. The molecule has 0 bridgehead atoms. The molecule has 3 aromatic rings. The average Bonchev–Trinajstić information content (AvgIpc) is 3.21. The van der Waals surface area contributed by atoms with E-state index in [9.17, 15) is 8.42 Å². The molecular formula is C16H19N5O2S. The van der Waals surface area contributed by atoms with Crippen LogP contribution in [0.15, 0.2) is 41.8 Å². The summed E-state index contributed by atoms with van der Waals surface area (Å²) in [6, 6.07) is 5.49. The quantitative estimate of drug-likeness (QED) is 0.785. The largest absolute Gasteiger partial charge is 0.346 e. The molecule has 0 amide bonds. The van der Waals surface area contributed by atoms with E-state index in [1.807, 2.05) is 18.3 Å². The number of sulfonamides is 1. The molecule has 8 heteroatoms. The van der Waals surface area contributed by atoms with Crippen LogP contribution < -0.4 is 0 Å². The SMILES string of the molecule is Cn1nccc1S(=O)(=O)N1CCC[C@H](c2c[nH]c3ncccc23)C1. The molecule has 1 atom stereocenters. The zero-order valence-corrected chi connectivity index (χ0v) is 14.2. The first-order valence-corrected chi connectivity index (χ1v) is 9.41. The first-order chi connectivity index (χ1) is 11.6. The summed E-state index contributed by atoms with van der Waals surface area (Å²) in [5.41, 5.74) is 1.99. The van der Waals surface area contributed by atoms with Crippen LogP contribution in [0.25, 0.3) is 11.0 Å². The highest BCUT2D eigenvalue weighted by Crippen LogP contribution is 2.33. The Labute approximate surface area is 140 Å². The highest BCUT2D eigenvalue weighted by molar-refractivity contribution is 7.89. The number of nitrogens with zero attached hydrogens (tertiary/aromatic N) is 4. The van der Waals surface area contributed by atoms with Gasteiger partial charge in [0, 0.05) is 37.9 Å². The summed E-state index contributed by atoms with van der Waals surface area (Å²) in [5.74, 6) is 0.166. The molecule has 0 aromatic carbocycles. The van der Waals surface area contributed by atoms with Gasteiger partial charge in [-0.05, 0) is 42.5 Å². The summed E-state index contributed by atoms with van der Waals surface area (Å²) in [4.78, 5) is 7.50. The lowest BCUT2D eigenvalue weighted by atomic mass is 9.92. The smallest absolute Gasteiger partial charge is 0.260 e. The van der Waals surface area contributed by atoms with Crippen molar-refractivity contribution in [1.82, 2.24) is 24.1 Å². The molecule has 7 nitrogen and oxygen atoms in total. The molecule has 0 spiro atoms. The Bertz CT molecular complexity index is 975. The number of hydrogen-bond donors (Lipinski definition) is 1. The summed E-state index contributed by atoms with van der Waals surface area (Å²) in [6.07, 6.45) is 7.04. The predicted octanol–water partition coefficient (Wildman–Crippen LogP) is 1.86. The van der Waals surface area contributed by atoms with Crippen LogP contribution in [-0.2, 0) is 17.1 Å². The number of pyridine rings is 1. The molecule has 1 aliphatic heterocycles. The van der Waals surface area contributed by atoms with Gasteiger partial charge < -0.3 is 4.98 Å². The van der Waals surface area contributed by atoms with Crippen molar-refractivity contribution in [3.05, 3.63) is 42.4 Å². The van der Waals surface area contributed by atoms with E-state index in [1.165, 1.54) is 10.9 Å². The molecule has 24 heavy (non-hydrogen) atoms. The molecule has 0 unspecified atom stereocenters. The number of rotatable bonds is 3. The van der Waals surface area contributed by atoms with Gasteiger partial charge in [0.2, 0.25) is 0 Å².